The summed E-state index contributed by atoms with van der Waals surface area (Å²) in [7, 11) is 0. The normalized spacial score (nSPS) is 12.5. The fourth-order valence-electron chi connectivity index (χ4n) is 1.72. The second-order valence-corrected chi connectivity index (χ2v) is 4.65. The van der Waals surface area contributed by atoms with Crippen molar-refractivity contribution in [3.8, 4) is 0 Å². The van der Waals surface area contributed by atoms with Gasteiger partial charge in [0.1, 0.15) is 6.10 Å². The van der Waals surface area contributed by atoms with Gasteiger partial charge in [-0.1, -0.05) is 25.4 Å². The van der Waals surface area contributed by atoms with E-state index in [0.29, 0.717) is 10.6 Å². The van der Waals surface area contributed by atoms with Crippen LogP contribution in [0, 0.1) is 0 Å². The monoisotopic (exact) mass is 269 g/mol. The zero-order valence-electron chi connectivity index (χ0n) is 11.1. The highest BCUT2D eigenvalue weighted by molar-refractivity contribution is 6.30. The largest absolute Gasteiger partial charge is 0.458 e. The smallest absolute Gasteiger partial charge is 0.338 e. The predicted octanol–water partition coefficient (Wildman–Crippen LogP) is 3.23. The molecule has 4 heteroatoms. The summed E-state index contributed by atoms with van der Waals surface area (Å²) in [4.78, 5) is 14.1. The van der Waals surface area contributed by atoms with Gasteiger partial charge in [0.15, 0.2) is 0 Å². The Hall–Kier alpha value is -1.06. The number of likely N-dealkylation sites (N-methyl/N-ethyl adjacent to an activating group) is 1. The summed E-state index contributed by atoms with van der Waals surface area (Å²) in [5, 5.41) is 0.614. The molecule has 0 saturated carbocycles. The van der Waals surface area contributed by atoms with Crippen LogP contribution in [0.2, 0.25) is 5.02 Å². The van der Waals surface area contributed by atoms with E-state index in [1.165, 1.54) is 0 Å². The Labute approximate surface area is 114 Å². The van der Waals surface area contributed by atoms with Crippen LogP contribution in [-0.2, 0) is 4.74 Å². The number of rotatable bonds is 6. The summed E-state index contributed by atoms with van der Waals surface area (Å²) in [6.07, 6.45) is -0.118. The van der Waals surface area contributed by atoms with Crippen molar-refractivity contribution in [3.63, 3.8) is 0 Å². The molecule has 0 aromatic heterocycles. The van der Waals surface area contributed by atoms with Crippen molar-refractivity contribution in [1.82, 2.24) is 4.90 Å². The zero-order chi connectivity index (χ0) is 13.5. The molecule has 0 amide bonds. The Morgan fingerprint density at radius 3 is 2.33 bits per heavy atom. The number of hydrogen-bond acceptors (Lipinski definition) is 3. The van der Waals surface area contributed by atoms with Crippen molar-refractivity contribution in [2.45, 2.75) is 26.9 Å². The molecule has 0 aliphatic rings. The van der Waals surface area contributed by atoms with Crippen LogP contribution >= 0.6 is 11.6 Å². The molecule has 0 radical (unpaired) electrons. The number of nitrogens with zero attached hydrogens (tertiary/aromatic N) is 1. The molecule has 0 bridgehead atoms. The Balaban J connectivity index is 2.51. The van der Waals surface area contributed by atoms with Gasteiger partial charge < -0.3 is 9.64 Å². The van der Waals surface area contributed by atoms with Crippen LogP contribution in [0.1, 0.15) is 31.1 Å². The Bertz CT molecular complexity index is 374. The molecular formula is C14H20ClNO2. The Morgan fingerprint density at radius 1 is 1.28 bits per heavy atom. The van der Waals surface area contributed by atoms with Crippen LogP contribution < -0.4 is 0 Å². The molecule has 0 aliphatic carbocycles. The number of carbonyl (C=O) groups excluding carboxylic acids is 1. The van der Waals surface area contributed by atoms with Gasteiger partial charge in [0.25, 0.3) is 0 Å². The van der Waals surface area contributed by atoms with E-state index in [1.807, 2.05) is 6.92 Å². The lowest BCUT2D eigenvalue weighted by molar-refractivity contribution is 0.0260. The summed E-state index contributed by atoms with van der Waals surface area (Å²) in [6.45, 7) is 8.77. The van der Waals surface area contributed by atoms with E-state index in [-0.39, 0.29) is 12.1 Å². The molecule has 0 N–H and O–H groups in total. The highest BCUT2D eigenvalue weighted by Gasteiger charge is 2.13. The first-order chi connectivity index (χ1) is 8.56. The quantitative estimate of drug-likeness (QED) is 0.743. The van der Waals surface area contributed by atoms with Crippen LogP contribution in [0.3, 0.4) is 0 Å². The zero-order valence-corrected chi connectivity index (χ0v) is 11.9. The van der Waals surface area contributed by atoms with Crippen molar-refractivity contribution >= 4 is 17.6 Å². The molecule has 1 aromatic rings. The molecular weight excluding hydrogens is 250 g/mol. The first-order valence-corrected chi connectivity index (χ1v) is 6.63. The summed E-state index contributed by atoms with van der Waals surface area (Å²) in [5.74, 6) is -0.300. The van der Waals surface area contributed by atoms with Crippen molar-refractivity contribution in [2.75, 3.05) is 19.6 Å². The van der Waals surface area contributed by atoms with E-state index in [4.69, 9.17) is 16.3 Å². The summed E-state index contributed by atoms with van der Waals surface area (Å²) >= 11 is 5.77. The molecule has 3 nitrogen and oxygen atoms in total. The van der Waals surface area contributed by atoms with E-state index in [9.17, 15) is 4.79 Å². The molecule has 0 heterocycles. The van der Waals surface area contributed by atoms with Crippen LogP contribution in [0.5, 0.6) is 0 Å². The average Bonchev–Trinajstić information content (AvgIpc) is 2.36. The van der Waals surface area contributed by atoms with Gasteiger partial charge in [0, 0.05) is 11.6 Å². The Morgan fingerprint density at radius 2 is 1.83 bits per heavy atom. The van der Waals surface area contributed by atoms with Gasteiger partial charge in [-0.15, -0.1) is 0 Å². The molecule has 0 aliphatic heterocycles. The predicted molar refractivity (Wildman–Crippen MR) is 74.1 cm³/mol. The van der Waals surface area contributed by atoms with Gasteiger partial charge in [-0.25, -0.2) is 4.79 Å². The third kappa shape index (κ3) is 4.67. The lowest BCUT2D eigenvalue weighted by atomic mass is 10.2. The van der Waals surface area contributed by atoms with Gasteiger partial charge in [-0.2, -0.15) is 0 Å². The molecule has 0 fully saturated rings. The molecule has 1 atom stereocenters. The maximum Gasteiger partial charge on any atom is 0.338 e. The number of benzene rings is 1. The van der Waals surface area contributed by atoms with Crippen molar-refractivity contribution in [2.24, 2.45) is 0 Å². The van der Waals surface area contributed by atoms with Gasteiger partial charge in [0.05, 0.1) is 5.56 Å². The summed E-state index contributed by atoms with van der Waals surface area (Å²) in [5.41, 5.74) is 0.533. The van der Waals surface area contributed by atoms with Crippen molar-refractivity contribution in [1.29, 1.82) is 0 Å². The third-order valence-corrected chi connectivity index (χ3v) is 3.05. The number of esters is 1. The number of ether oxygens (including phenoxy) is 1. The highest BCUT2D eigenvalue weighted by Crippen LogP contribution is 2.11. The van der Waals surface area contributed by atoms with E-state index in [2.05, 4.69) is 18.7 Å². The third-order valence-electron chi connectivity index (χ3n) is 2.80. The first-order valence-electron chi connectivity index (χ1n) is 6.25. The molecule has 1 aromatic carbocycles. The molecule has 100 valence electrons. The molecule has 0 saturated heterocycles. The molecule has 18 heavy (non-hydrogen) atoms. The molecule has 1 unspecified atom stereocenters. The minimum Gasteiger partial charge on any atom is -0.458 e. The minimum absolute atomic E-state index is 0.118. The number of halogens is 1. The van der Waals surface area contributed by atoms with E-state index in [0.717, 1.165) is 19.6 Å². The van der Waals surface area contributed by atoms with Crippen LogP contribution in [-0.4, -0.2) is 36.6 Å². The van der Waals surface area contributed by atoms with Gasteiger partial charge >= 0.3 is 5.97 Å². The van der Waals surface area contributed by atoms with E-state index in [1.54, 1.807) is 24.3 Å². The van der Waals surface area contributed by atoms with Crippen molar-refractivity contribution in [3.05, 3.63) is 34.9 Å². The van der Waals surface area contributed by atoms with E-state index < -0.39 is 0 Å². The van der Waals surface area contributed by atoms with Crippen molar-refractivity contribution < 1.29 is 9.53 Å². The SMILES string of the molecule is CCN(CC)CC(C)OC(=O)c1ccc(Cl)cc1. The lowest BCUT2D eigenvalue weighted by Gasteiger charge is -2.22. The molecule has 0 spiro atoms. The second kappa shape index (κ2) is 7.39. The summed E-state index contributed by atoms with van der Waals surface area (Å²) in [6, 6.07) is 6.73. The lowest BCUT2D eigenvalue weighted by Crippen LogP contribution is -2.33. The second-order valence-electron chi connectivity index (χ2n) is 4.21. The Kier molecular flexibility index (Phi) is 6.16. The maximum atomic E-state index is 11.8. The van der Waals surface area contributed by atoms with Crippen LogP contribution in [0.15, 0.2) is 24.3 Å². The standard InChI is InChI=1S/C14H20ClNO2/c1-4-16(5-2)10-11(3)18-14(17)12-6-8-13(15)9-7-12/h6-9,11H,4-5,10H2,1-3H3. The minimum atomic E-state index is -0.300. The van der Waals surface area contributed by atoms with Crippen LogP contribution in [0.4, 0.5) is 0 Å². The fourth-order valence-corrected chi connectivity index (χ4v) is 1.85. The number of carbonyl (C=O) groups is 1. The van der Waals surface area contributed by atoms with Gasteiger partial charge in [0.2, 0.25) is 0 Å². The molecule has 1 rings (SSSR count). The highest BCUT2D eigenvalue weighted by atomic mass is 35.5. The van der Waals surface area contributed by atoms with E-state index >= 15 is 0 Å². The van der Waals surface area contributed by atoms with Gasteiger partial charge in [-0.05, 0) is 44.3 Å². The van der Waals surface area contributed by atoms with Crippen LogP contribution in [0.25, 0.3) is 0 Å². The average molecular weight is 270 g/mol. The fraction of sp³-hybridized carbons (Fsp3) is 0.500. The van der Waals surface area contributed by atoms with Gasteiger partial charge in [-0.3, -0.25) is 0 Å². The number of hydrogen-bond donors (Lipinski definition) is 0. The topological polar surface area (TPSA) is 29.5 Å². The maximum absolute atomic E-state index is 11.8. The summed E-state index contributed by atoms with van der Waals surface area (Å²) < 4.78 is 5.39. The first kappa shape index (κ1) is 15.0.